The van der Waals surface area contributed by atoms with Gasteiger partial charge in [-0.1, -0.05) is 23.7 Å². The van der Waals surface area contributed by atoms with E-state index in [0.717, 1.165) is 6.42 Å². The summed E-state index contributed by atoms with van der Waals surface area (Å²) < 4.78 is 10.5. The first-order chi connectivity index (χ1) is 13.0. The van der Waals surface area contributed by atoms with Crippen LogP contribution in [0.3, 0.4) is 0 Å². The van der Waals surface area contributed by atoms with Crippen molar-refractivity contribution in [1.82, 2.24) is 5.32 Å². The number of anilines is 1. The molecule has 0 saturated carbocycles. The fourth-order valence-electron chi connectivity index (χ4n) is 2.25. The quantitative estimate of drug-likeness (QED) is 0.642. The fourth-order valence-corrected chi connectivity index (χ4v) is 2.43. The van der Waals surface area contributed by atoms with Gasteiger partial charge in [0.25, 0.3) is 11.8 Å². The summed E-state index contributed by atoms with van der Waals surface area (Å²) in [6, 6.07) is 13.6. The van der Waals surface area contributed by atoms with E-state index < -0.39 is 6.10 Å². The highest BCUT2D eigenvalue weighted by Crippen LogP contribution is 2.24. The van der Waals surface area contributed by atoms with E-state index in [1.165, 1.54) is 0 Å². The number of nitrogens with one attached hydrogen (secondary N) is 2. The van der Waals surface area contributed by atoms with Crippen LogP contribution in [0.2, 0.25) is 5.02 Å². The lowest BCUT2D eigenvalue weighted by Crippen LogP contribution is -2.30. The van der Waals surface area contributed by atoms with E-state index >= 15 is 0 Å². The number of ether oxygens (including phenoxy) is 2. The van der Waals surface area contributed by atoms with Gasteiger partial charge in [-0.05, 0) is 49.7 Å². The zero-order valence-corrected chi connectivity index (χ0v) is 16.1. The number of para-hydroxylation sites is 1. The minimum atomic E-state index is -0.728. The molecule has 0 bridgehead atoms. The first-order valence-corrected chi connectivity index (χ1v) is 8.98. The van der Waals surface area contributed by atoms with Gasteiger partial charge in [0.05, 0.1) is 5.02 Å². The molecule has 2 amide bonds. The Labute approximate surface area is 163 Å². The predicted octanol–water partition coefficient (Wildman–Crippen LogP) is 3.51. The van der Waals surface area contributed by atoms with Crippen LogP contribution in [0.5, 0.6) is 5.75 Å². The van der Waals surface area contributed by atoms with Gasteiger partial charge in [-0.2, -0.15) is 0 Å². The average molecular weight is 391 g/mol. The van der Waals surface area contributed by atoms with E-state index in [-0.39, 0.29) is 11.8 Å². The lowest BCUT2D eigenvalue weighted by atomic mass is 10.2. The molecule has 0 aliphatic carbocycles. The van der Waals surface area contributed by atoms with E-state index in [0.29, 0.717) is 35.2 Å². The van der Waals surface area contributed by atoms with Crippen molar-refractivity contribution in [1.29, 1.82) is 0 Å². The number of hydrogen-bond donors (Lipinski definition) is 2. The van der Waals surface area contributed by atoms with Gasteiger partial charge in [-0.25, -0.2) is 0 Å². The second-order valence-corrected chi connectivity index (χ2v) is 6.27. The fraction of sp³-hybridized carbons (Fsp3) is 0.300. The van der Waals surface area contributed by atoms with E-state index in [9.17, 15) is 9.59 Å². The Morgan fingerprint density at radius 3 is 2.48 bits per heavy atom. The van der Waals surface area contributed by atoms with Crippen LogP contribution in [0.4, 0.5) is 5.69 Å². The molecule has 2 aromatic rings. The number of halogens is 1. The molecule has 6 nitrogen and oxygen atoms in total. The Morgan fingerprint density at radius 2 is 1.81 bits per heavy atom. The van der Waals surface area contributed by atoms with Crippen molar-refractivity contribution in [3.63, 3.8) is 0 Å². The molecule has 27 heavy (non-hydrogen) atoms. The summed E-state index contributed by atoms with van der Waals surface area (Å²) in [5, 5.41) is 6.00. The molecule has 0 heterocycles. The third-order valence-electron chi connectivity index (χ3n) is 3.74. The number of amides is 2. The molecule has 0 aromatic heterocycles. The third kappa shape index (κ3) is 6.58. The number of carbonyl (C=O) groups is 2. The van der Waals surface area contributed by atoms with E-state index in [4.69, 9.17) is 21.1 Å². The number of hydrogen-bond acceptors (Lipinski definition) is 4. The van der Waals surface area contributed by atoms with E-state index in [1.807, 2.05) is 0 Å². The minimum absolute atomic E-state index is 0.167. The van der Waals surface area contributed by atoms with Crippen molar-refractivity contribution in [3.8, 4) is 5.75 Å². The molecule has 0 saturated heterocycles. The van der Waals surface area contributed by atoms with E-state index in [1.54, 1.807) is 62.6 Å². The van der Waals surface area contributed by atoms with Crippen LogP contribution in [-0.4, -0.2) is 38.2 Å². The van der Waals surface area contributed by atoms with Crippen LogP contribution in [-0.2, 0) is 9.53 Å². The van der Waals surface area contributed by atoms with Crippen LogP contribution < -0.4 is 15.4 Å². The van der Waals surface area contributed by atoms with Gasteiger partial charge in [0.2, 0.25) is 0 Å². The Bertz CT molecular complexity index is 765. The molecule has 2 N–H and O–H groups in total. The molecule has 1 atom stereocenters. The highest BCUT2D eigenvalue weighted by Gasteiger charge is 2.16. The largest absolute Gasteiger partial charge is 0.479 e. The molecule has 0 radical (unpaired) electrons. The zero-order chi connectivity index (χ0) is 19.6. The number of benzene rings is 2. The standard InChI is InChI=1S/C20H23ClN2O4/c1-14(27-18-7-4-3-6-17(18)21)19(24)23-16-10-8-15(9-11-16)20(25)22-12-5-13-26-2/h3-4,6-11,14H,5,12-13H2,1-2H3,(H,22,25)(H,23,24). The Kier molecular flexibility index (Phi) is 8.10. The maximum absolute atomic E-state index is 12.3. The Hall–Kier alpha value is -2.57. The smallest absolute Gasteiger partial charge is 0.265 e. The minimum Gasteiger partial charge on any atom is -0.479 e. The van der Waals surface area contributed by atoms with E-state index in [2.05, 4.69) is 10.6 Å². The number of rotatable bonds is 9. The summed E-state index contributed by atoms with van der Waals surface area (Å²) in [7, 11) is 1.62. The van der Waals surface area contributed by atoms with Crippen LogP contribution in [0.1, 0.15) is 23.7 Å². The Balaban J connectivity index is 1.87. The second kappa shape index (κ2) is 10.5. The van der Waals surface area contributed by atoms with Crippen LogP contribution in [0.25, 0.3) is 0 Å². The molecule has 0 aliphatic rings. The molecule has 0 spiro atoms. The maximum Gasteiger partial charge on any atom is 0.265 e. The summed E-state index contributed by atoms with van der Waals surface area (Å²) in [6.07, 6.45) is 0.0216. The summed E-state index contributed by atoms with van der Waals surface area (Å²) in [6.45, 7) is 2.78. The predicted molar refractivity (Wildman–Crippen MR) is 105 cm³/mol. The average Bonchev–Trinajstić information content (AvgIpc) is 2.67. The van der Waals surface area contributed by atoms with Crippen LogP contribution >= 0.6 is 11.6 Å². The van der Waals surface area contributed by atoms with Gasteiger partial charge in [0, 0.05) is 31.5 Å². The highest BCUT2D eigenvalue weighted by atomic mass is 35.5. The zero-order valence-electron chi connectivity index (χ0n) is 15.3. The monoisotopic (exact) mass is 390 g/mol. The molecule has 0 fully saturated rings. The molecular formula is C20H23ClN2O4. The molecule has 2 aromatic carbocycles. The molecular weight excluding hydrogens is 368 g/mol. The van der Waals surface area contributed by atoms with Crippen molar-refractivity contribution >= 4 is 29.1 Å². The SMILES string of the molecule is COCCCNC(=O)c1ccc(NC(=O)C(C)Oc2ccccc2Cl)cc1. The van der Waals surface area contributed by atoms with Crippen molar-refractivity contribution in [2.45, 2.75) is 19.4 Å². The lowest BCUT2D eigenvalue weighted by molar-refractivity contribution is -0.122. The normalized spacial score (nSPS) is 11.5. The second-order valence-electron chi connectivity index (χ2n) is 5.86. The summed E-state index contributed by atoms with van der Waals surface area (Å²) in [5.41, 5.74) is 1.09. The Morgan fingerprint density at radius 1 is 1.11 bits per heavy atom. The van der Waals surface area contributed by atoms with Gasteiger partial charge in [0.15, 0.2) is 6.10 Å². The molecule has 0 aliphatic heterocycles. The lowest BCUT2D eigenvalue weighted by Gasteiger charge is -2.15. The van der Waals surface area contributed by atoms with Gasteiger partial charge >= 0.3 is 0 Å². The van der Waals surface area contributed by atoms with Crippen molar-refractivity contribution in [2.75, 3.05) is 25.6 Å². The topological polar surface area (TPSA) is 76.7 Å². The van der Waals surface area contributed by atoms with Gasteiger partial charge in [0.1, 0.15) is 5.75 Å². The first-order valence-electron chi connectivity index (χ1n) is 8.60. The van der Waals surface area contributed by atoms with Crippen LogP contribution in [0, 0.1) is 0 Å². The summed E-state index contributed by atoms with van der Waals surface area (Å²) in [4.78, 5) is 24.3. The summed E-state index contributed by atoms with van der Waals surface area (Å²) >= 11 is 6.03. The molecule has 1 unspecified atom stereocenters. The third-order valence-corrected chi connectivity index (χ3v) is 4.05. The first kappa shape index (κ1) is 20.7. The maximum atomic E-state index is 12.3. The van der Waals surface area contributed by atoms with Crippen molar-refractivity contribution in [2.24, 2.45) is 0 Å². The number of methoxy groups -OCH3 is 1. The van der Waals surface area contributed by atoms with Crippen LogP contribution in [0.15, 0.2) is 48.5 Å². The van der Waals surface area contributed by atoms with Crippen molar-refractivity contribution in [3.05, 3.63) is 59.1 Å². The van der Waals surface area contributed by atoms with Gasteiger partial charge in [-0.3, -0.25) is 9.59 Å². The highest BCUT2D eigenvalue weighted by molar-refractivity contribution is 6.32. The molecule has 7 heteroatoms. The van der Waals surface area contributed by atoms with Crippen molar-refractivity contribution < 1.29 is 19.1 Å². The van der Waals surface area contributed by atoms with Gasteiger partial charge in [-0.15, -0.1) is 0 Å². The van der Waals surface area contributed by atoms with Gasteiger partial charge < -0.3 is 20.1 Å². The molecule has 2 rings (SSSR count). The summed E-state index contributed by atoms with van der Waals surface area (Å²) in [5.74, 6) is -0.0339. The molecule has 144 valence electrons. The number of carbonyl (C=O) groups excluding carboxylic acids is 2.